The molecule has 3 N–H and O–H groups in total. The zero-order valence-electron chi connectivity index (χ0n) is 17.8. The molecular formula is C24H20N6O3. The molecule has 0 aliphatic heterocycles. The smallest absolute Gasteiger partial charge is 0.254 e. The number of H-pyrrole nitrogens is 2. The Balaban J connectivity index is 1.27. The number of aromatic amines is 2. The van der Waals surface area contributed by atoms with Gasteiger partial charge in [0.25, 0.3) is 5.56 Å². The lowest BCUT2D eigenvalue weighted by Crippen LogP contribution is -2.20. The zero-order chi connectivity index (χ0) is 22.8. The first-order valence-electron chi connectivity index (χ1n) is 10.4. The van der Waals surface area contributed by atoms with Crippen molar-refractivity contribution in [2.45, 2.75) is 19.8 Å². The Bertz CT molecular complexity index is 1490. The summed E-state index contributed by atoms with van der Waals surface area (Å²) >= 11 is 0. The lowest BCUT2D eigenvalue weighted by molar-refractivity contribution is -0.116. The van der Waals surface area contributed by atoms with Gasteiger partial charge in [-0.2, -0.15) is 0 Å². The summed E-state index contributed by atoms with van der Waals surface area (Å²) in [6, 6.07) is 12.6. The number of anilines is 1. The maximum absolute atomic E-state index is 12.6. The fourth-order valence-corrected chi connectivity index (χ4v) is 3.63. The number of hydrogen-bond donors (Lipinski definition) is 3. The molecule has 9 nitrogen and oxygen atoms in total. The van der Waals surface area contributed by atoms with E-state index in [1.807, 2.05) is 18.2 Å². The average molecular weight is 440 g/mol. The summed E-state index contributed by atoms with van der Waals surface area (Å²) in [6.45, 7) is 1.77. The number of fused-ring (bicyclic) bond motifs is 1. The van der Waals surface area contributed by atoms with Crippen LogP contribution < -0.4 is 10.9 Å². The van der Waals surface area contributed by atoms with E-state index in [1.165, 1.54) is 0 Å². The average Bonchev–Trinajstić information content (AvgIpc) is 3.48. The molecule has 164 valence electrons. The molecule has 9 heteroatoms. The van der Waals surface area contributed by atoms with E-state index in [2.05, 4.69) is 30.2 Å². The summed E-state index contributed by atoms with van der Waals surface area (Å²) < 4.78 is 5.37. The van der Waals surface area contributed by atoms with Gasteiger partial charge in [0.1, 0.15) is 5.82 Å². The normalized spacial score (nSPS) is 11.1. The van der Waals surface area contributed by atoms with Gasteiger partial charge in [0.15, 0.2) is 11.6 Å². The number of nitrogens with one attached hydrogen (secondary N) is 3. The van der Waals surface area contributed by atoms with E-state index in [0.717, 1.165) is 16.6 Å². The molecule has 0 aliphatic rings. The van der Waals surface area contributed by atoms with Crippen molar-refractivity contribution in [2.24, 2.45) is 0 Å². The van der Waals surface area contributed by atoms with Crippen LogP contribution in [0.1, 0.15) is 17.7 Å². The summed E-state index contributed by atoms with van der Waals surface area (Å²) in [4.78, 5) is 44.1. The molecular weight excluding hydrogens is 420 g/mol. The van der Waals surface area contributed by atoms with Gasteiger partial charge < -0.3 is 19.7 Å². The highest BCUT2D eigenvalue weighted by Crippen LogP contribution is 2.23. The van der Waals surface area contributed by atoms with Gasteiger partial charge in [-0.05, 0) is 55.8 Å². The van der Waals surface area contributed by atoms with Crippen molar-refractivity contribution in [1.29, 1.82) is 0 Å². The number of amides is 1. The largest absolute Gasteiger partial charge is 0.461 e. The van der Waals surface area contributed by atoms with Gasteiger partial charge in [-0.25, -0.2) is 9.97 Å². The summed E-state index contributed by atoms with van der Waals surface area (Å²) in [5.41, 5.74) is 3.81. The maximum atomic E-state index is 12.6. The zero-order valence-corrected chi connectivity index (χ0v) is 17.8. The fourth-order valence-electron chi connectivity index (χ4n) is 3.63. The minimum Gasteiger partial charge on any atom is -0.461 e. The van der Waals surface area contributed by atoms with Crippen LogP contribution in [0.15, 0.2) is 70.3 Å². The number of imidazole rings is 1. The van der Waals surface area contributed by atoms with E-state index >= 15 is 0 Å². The summed E-state index contributed by atoms with van der Waals surface area (Å²) in [5, 5.41) is 2.87. The van der Waals surface area contributed by atoms with E-state index in [4.69, 9.17) is 4.42 Å². The van der Waals surface area contributed by atoms with Crippen molar-refractivity contribution >= 4 is 22.6 Å². The molecule has 4 heterocycles. The monoisotopic (exact) mass is 440 g/mol. The first-order valence-corrected chi connectivity index (χ1v) is 10.4. The van der Waals surface area contributed by atoms with Crippen molar-refractivity contribution < 1.29 is 9.21 Å². The van der Waals surface area contributed by atoms with Gasteiger partial charge in [-0.15, -0.1) is 0 Å². The first-order chi connectivity index (χ1) is 16.1. The maximum Gasteiger partial charge on any atom is 0.254 e. The van der Waals surface area contributed by atoms with Crippen LogP contribution in [0.4, 0.5) is 5.69 Å². The molecule has 5 rings (SSSR count). The minimum atomic E-state index is -0.244. The molecule has 5 aromatic rings. The van der Waals surface area contributed by atoms with Crippen LogP contribution in [-0.4, -0.2) is 30.8 Å². The van der Waals surface area contributed by atoms with Crippen LogP contribution in [0.25, 0.3) is 34.0 Å². The second-order valence-corrected chi connectivity index (χ2v) is 7.56. The first kappa shape index (κ1) is 20.4. The second kappa shape index (κ2) is 8.54. The van der Waals surface area contributed by atoms with E-state index in [1.54, 1.807) is 49.8 Å². The number of hydrogen-bond acceptors (Lipinski definition) is 6. The SMILES string of the molecule is Cc1nc(-c2ccncc2)[nH]c(=O)c1CCC(=O)Nc1ccc2nc(-c3ccco3)[nH]c2c1. The number of aryl methyl sites for hydroxylation is 1. The molecule has 1 aromatic carbocycles. The van der Waals surface area contributed by atoms with Gasteiger partial charge in [0.2, 0.25) is 5.91 Å². The van der Waals surface area contributed by atoms with E-state index < -0.39 is 0 Å². The number of benzene rings is 1. The van der Waals surface area contributed by atoms with Crippen LogP contribution in [-0.2, 0) is 11.2 Å². The molecule has 0 bridgehead atoms. The molecule has 0 saturated heterocycles. The third-order valence-electron chi connectivity index (χ3n) is 5.30. The summed E-state index contributed by atoms with van der Waals surface area (Å²) in [7, 11) is 0. The molecule has 4 aromatic heterocycles. The molecule has 1 amide bonds. The molecule has 0 fully saturated rings. The topological polar surface area (TPSA) is 130 Å². The standard InChI is InChI=1S/C24H20N6O3/c1-14-17(24(32)30-22(26-14)15-8-10-25-11-9-15)5-7-21(31)27-16-4-6-18-19(13-16)29-23(28-18)20-3-2-12-33-20/h2-4,6,8-13H,5,7H2,1H3,(H,27,31)(H,28,29)(H,26,30,32). The van der Waals surface area contributed by atoms with Crippen LogP contribution in [0.3, 0.4) is 0 Å². The van der Waals surface area contributed by atoms with Crippen LogP contribution in [0.5, 0.6) is 0 Å². The Hall–Kier alpha value is -4.53. The number of nitrogens with zero attached hydrogens (tertiary/aromatic N) is 3. The van der Waals surface area contributed by atoms with Crippen LogP contribution in [0, 0.1) is 6.92 Å². The quantitative estimate of drug-likeness (QED) is 0.368. The van der Waals surface area contributed by atoms with Crippen molar-refractivity contribution in [3.63, 3.8) is 0 Å². The van der Waals surface area contributed by atoms with Crippen molar-refractivity contribution in [3.05, 3.63) is 82.7 Å². The predicted molar refractivity (Wildman–Crippen MR) is 124 cm³/mol. The van der Waals surface area contributed by atoms with Gasteiger partial charge >= 0.3 is 0 Å². The minimum absolute atomic E-state index is 0.152. The Morgan fingerprint density at radius 3 is 2.67 bits per heavy atom. The number of pyridine rings is 1. The summed E-state index contributed by atoms with van der Waals surface area (Å²) in [6.07, 6.45) is 5.30. The Morgan fingerprint density at radius 1 is 1.06 bits per heavy atom. The van der Waals surface area contributed by atoms with Gasteiger partial charge in [0, 0.05) is 41.3 Å². The third kappa shape index (κ3) is 4.29. The van der Waals surface area contributed by atoms with Crippen molar-refractivity contribution in [3.8, 4) is 23.0 Å². The fraction of sp³-hybridized carbons (Fsp3) is 0.125. The lowest BCUT2D eigenvalue weighted by Gasteiger charge is -2.08. The van der Waals surface area contributed by atoms with Gasteiger partial charge in [0.05, 0.1) is 17.3 Å². The highest BCUT2D eigenvalue weighted by molar-refractivity contribution is 5.93. The Labute approximate surface area is 187 Å². The molecule has 33 heavy (non-hydrogen) atoms. The van der Waals surface area contributed by atoms with Crippen LogP contribution >= 0.6 is 0 Å². The number of carbonyl (C=O) groups is 1. The number of aromatic nitrogens is 5. The molecule has 0 saturated carbocycles. The second-order valence-electron chi connectivity index (χ2n) is 7.56. The number of rotatable bonds is 6. The van der Waals surface area contributed by atoms with Crippen molar-refractivity contribution in [1.82, 2.24) is 24.9 Å². The number of furan rings is 1. The van der Waals surface area contributed by atoms with E-state index in [-0.39, 0.29) is 24.3 Å². The molecule has 0 spiro atoms. The van der Waals surface area contributed by atoms with Crippen molar-refractivity contribution in [2.75, 3.05) is 5.32 Å². The highest BCUT2D eigenvalue weighted by Gasteiger charge is 2.13. The Kier molecular flexibility index (Phi) is 5.27. The molecule has 0 atom stereocenters. The van der Waals surface area contributed by atoms with E-state index in [9.17, 15) is 9.59 Å². The van der Waals surface area contributed by atoms with Crippen LogP contribution in [0.2, 0.25) is 0 Å². The summed E-state index contributed by atoms with van der Waals surface area (Å²) in [5.74, 6) is 1.55. The number of carbonyl (C=O) groups excluding carboxylic acids is 1. The molecule has 0 unspecified atom stereocenters. The van der Waals surface area contributed by atoms with Gasteiger partial charge in [-0.3, -0.25) is 14.6 Å². The third-order valence-corrected chi connectivity index (χ3v) is 5.30. The lowest BCUT2D eigenvalue weighted by atomic mass is 10.1. The molecule has 0 radical (unpaired) electrons. The van der Waals surface area contributed by atoms with Gasteiger partial charge in [-0.1, -0.05) is 0 Å². The van der Waals surface area contributed by atoms with E-state index in [0.29, 0.717) is 34.4 Å². The Morgan fingerprint density at radius 2 is 1.91 bits per heavy atom. The predicted octanol–water partition coefficient (Wildman–Crippen LogP) is 3.85. The molecule has 0 aliphatic carbocycles. The highest BCUT2D eigenvalue weighted by atomic mass is 16.3.